The molecule has 0 radical (unpaired) electrons. The Balaban J connectivity index is 1.44. The van der Waals surface area contributed by atoms with Crippen LogP contribution in [0.3, 0.4) is 0 Å². The van der Waals surface area contributed by atoms with Crippen molar-refractivity contribution in [3.05, 3.63) is 102 Å². The number of rotatable bonds is 7. The van der Waals surface area contributed by atoms with Gasteiger partial charge in [-0.05, 0) is 53.4 Å². The van der Waals surface area contributed by atoms with Crippen LogP contribution >= 0.6 is 11.3 Å². The molecule has 5 rings (SSSR count). The van der Waals surface area contributed by atoms with Gasteiger partial charge in [-0.3, -0.25) is 9.78 Å². The maximum absolute atomic E-state index is 12.6. The fraction of sp³-hybridized carbons (Fsp3) is 0. The van der Waals surface area contributed by atoms with Gasteiger partial charge in [-0.15, -0.1) is 11.3 Å². The first-order valence-corrected chi connectivity index (χ1v) is 11.9. The van der Waals surface area contributed by atoms with Crippen molar-refractivity contribution in [3.8, 4) is 11.4 Å². The number of aromatic nitrogens is 3. The lowest BCUT2D eigenvalue weighted by atomic mass is 10.1. The number of amides is 1. The van der Waals surface area contributed by atoms with Crippen molar-refractivity contribution in [1.82, 2.24) is 15.0 Å². The van der Waals surface area contributed by atoms with Crippen molar-refractivity contribution in [2.24, 2.45) is 5.73 Å². The minimum Gasteiger partial charge on any atom is -0.404 e. The number of fused-ring (bicyclic) bond motifs is 1. The van der Waals surface area contributed by atoms with Crippen molar-refractivity contribution in [3.63, 3.8) is 0 Å². The summed E-state index contributed by atoms with van der Waals surface area (Å²) in [6.07, 6.45) is 5.80. The Hall–Kier alpha value is -4.89. The molecule has 0 unspecified atom stereocenters. The van der Waals surface area contributed by atoms with E-state index >= 15 is 0 Å². The standard InChI is InChI=1S/C27H21N7OS/c28-15-20(16-29)17-4-6-21(7-5-17)31-26-24-23(10-13-36-24)33-25(34-26)19-2-1-3-22(14-19)32-27(35)18-8-11-30-12-9-18/h1-16,28H,29H2,(H,32,35)(H,31,33,34)/b20-16+,28-15?. The average molecular weight is 492 g/mol. The molecule has 0 bridgehead atoms. The minimum atomic E-state index is -0.217. The topological polar surface area (TPSA) is 130 Å². The van der Waals surface area contributed by atoms with Crippen LogP contribution in [-0.2, 0) is 0 Å². The second kappa shape index (κ2) is 10.2. The molecule has 0 saturated heterocycles. The Bertz CT molecular complexity index is 1580. The lowest BCUT2D eigenvalue weighted by Crippen LogP contribution is -2.11. The lowest BCUT2D eigenvalue weighted by Gasteiger charge is -2.11. The number of nitrogens with two attached hydrogens (primary N) is 1. The molecule has 3 aromatic heterocycles. The maximum Gasteiger partial charge on any atom is 0.255 e. The van der Waals surface area contributed by atoms with E-state index in [9.17, 15) is 4.79 Å². The summed E-state index contributed by atoms with van der Waals surface area (Å²) in [5.74, 6) is 1.01. The number of nitrogens with zero attached hydrogens (tertiary/aromatic N) is 3. The van der Waals surface area contributed by atoms with Gasteiger partial charge in [-0.2, -0.15) is 0 Å². The Labute approximate surface area is 211 Å². The van der Waals surface area contributed by atoms with Crippen LogP contribution in [0.4, 0.5) is 17.2 Å². The average Bonchev–Trinajstić information content (AvgIpc) is 3.40. The highest BCUT2D eigenvalue weighted by molar-refractivity contribution is 7.17. The molecule has 0 atom stereocenters. The summed E-state index contributed by atoms with van der Waals surface area (Å²) in [5, 5.41) is 15.8. The van der Waals surface area contributed by atoms with Crippen LogP contribution in [0.5, 0.6) is 0 Å². The van der Waals surface area contributed by atoms with Gasteiger partial charge in [0, 0.05) is 52.9 Å². The molecule has 5 N–H and O–H groups in total. The molecule has 0 fully saturated rings. The van der Waals surface area contributed by atoms with Crippen molar-refractivity contribution in [1.29, 1.82) is 5.41 Å². The van der Waals surface area contributed by atoms with Crippen LogP contribution in [-0.4, -0.2) is 27.1 Å². The van der Waals surface area contributed by atoms with Gasteiger partial charge in [0.25, 0.3) is 5.91 Å². The molecule has 176 valence electrons. The number of hydrogen-bond donors (Lipinski definition) is 4. The third kappa shape index (κ3) is 4.82. The molecular weight excluding hydrogens is 470 g/mol. The molecule has 0 saturated carbocycles. The van der Waals surface area contributed by atoms with E-state index in [1.807, 2.05) is 60.0 Å². The van der Waals surface area contributed by atoms with Crippen molar-refractivity contribution >= 4 is 56.4 Å². The van der Waals surface area contributed by atoms with Crippen LogP contribution < -0.4 is 16.4 Å². The predicted molar refractivity (Wildman–Crippen MR) is 146 cm³/mol. The zero-order valence-corrected chi connectivity index (χ0v) is 19.8. The van der Waals surface area contributed by atoms with Gasteiger partial charge in [-0.25, -0.2) is 9.97 Å². The van der Waals surface area contributed by atoms with Crippen LogP contribution in [0.25, 0.3) is 27.2 Å². The zero-order valence-electron chi connectivity index (χ0n) is 19.0. The van der Waals surface area contributed by atoms with Gasteiger partial charge in [-0.1, -0.05) is 24.3 Å². The Morgan fingerprint density at radius 2 is 1.75 bits per heavy atom. The van der Waals surface area contributed by atoms with Gasteiger partial charge in [0.05, 0.1) is 10.2 Å². The first kappa shape index (κ1) is 22.9. The molecule has 9 heteroatoms. The molecule has 3 heterocycles. The molecule has 8 nitrogen and oxygen atoms in total. The number of carbonyl (C=O) groups excluding carboxylic acids is 1. The van der Waals surface area contributed by atoms with E-state index in [-0.39, 0.29) is 5.91 Å². The van der Waals surface area contributed by atoms with Crippen LogP contribution in [0, 0.1) is 5.41 Å². The predicted octanol–water partition coefficient (Wildman–Crippen LogP) is 5.70. The molecule has 1 amide bonds. The van der Waals surface area contributed by atoms with Gasteiger partial charge in [0.1, 0.15) is 0 Å². The number of anilines is 3. The highest BCUT2D eigenvalue weighted by Crippen LogP contribution is 2.32. The summed E-state index contributed by atoms with van der Waals surface area (Å²) < 4.78 is 0.937. The Morgan fingerprint density at radius 3 is 2.50 bits per heavy atom. The zero-order chi connectivity index (χ0) is 24.9. The van der Waals surface area contributed by atoms with Crippen LogP contribution in [0.15, 0.2) is 90.7 Å². The summed E-state index contributed by atoms with van der Waals surface area (Å²) in [7, 11) is 0. The van der Waals surface area contributed by atoms with E-state index in [0.29, 0.717) is 28.5 Å². The monoisotopic (exact) mass is 491 g/mol. The first-order chi connectivity index (χ1) is 17.6. The second-order valence-corrected chi connectivity index (χ2v) is 8.69. The minimum absolute atomic E-state index is 0.217. The highest BCUT2D eigenvalue weighted by atomic mass is 32.1. The first-order valence-electron chi connectivity index (χ1n) is 11.0. The Kier molecular flexibility index (Phi) is 6.46. The number of nitrogens with one attached hydrogen (secondary N) is 3. The number of carbonyl (C=O) groups is 1. The van der Waals surface area contributed by atoms with E-state index in [4.69, 9.17) is 21.1 Å². The van der Waals surface area contributed by atoms with E-state index < -0.39 is 0 Å². The van der Waals surface area contributed by atoms with Crippen LogP contribution in [0.2, 0.25) is 0 Å². The molecule has 2 aromatic carbocycles. The number of benzene rings is 2. The second-order valence-electron chi connectivity index (χ2n) is 7.77. The van der Waals surface area contributed by atoms with Crippen molar-refractivity contribution < 1.29 is 4.79 Å². The number of pyridine rings is 1. The van der Waals surface area contributed by atoms with Crippen molar-refractivity contribution in [2.75, 3.05) is 10.6 Å². The third-order valence-corrected chi connectivity index (χ3v) is 6.35. The largest absolute Gasteiger partial charge is 0.404 e. The van der Waals surface area contributed by atoms with Gasteiger partial charge in [0.15, 0.2) is 11.6 Å². The summed E-state index contributed by atoms with van der Waals surface area (Å²) in [6, 6.07) is 20.3. The summed E-state index contributed by atoms with van der Waals surface area (Å²) in [5.41, 5.74) is 10.7. The molecule has 36 heavy (non-hydrogen) atoms. The smallest absolute Gasteiger partial charge is 0.255 e. The fourth-order valence-corrected chi connectivity index (χ4v) is 4.41. The summed E-state index contributed by atoms with van der Waals surface area (Å²) in [4.78, 5) is 26.1. The number of allylic oxidation sites excluding steroid dienone is 1. The molecule has 0 spiro atoms. The quantitative estimate of drug-likeness (QED) is 0.216. The van der Waals surface area contributed by atoms with Gasteiger partial charge >= 0.3 is 0 Å². The molecule has 0 aliphatic carbocycles. The van der Waals surface area contributed by atoms with Gasteiger partial charge in [0.2, 0.25) is 0 Å². The highest BCUT2D eigenvalue weighted by Gasteiger charge is 2.13. The molecule has 0 aliphatic rings. The number of hydrogen-bond acceptors (Lipinski definition) is 8. The Morgan fingerprint density at radius 1 is 0.944 bits per heavy atom. The molecular formula is C27H21N7OS. The van der Waals surface area contributed by atoms with E-state index in [2.05, 4.69) is 15.6 Å². The summed E-state index contributed by atoms with van der Waals surface area (Å²) in [6.45, 7) is 0. The molecule has 0 aliphatic heterocycles. The lowest BCUT2D eigenvalue weighted by molar-refractivity contribution is 0.102. The van der Waals surface area contributed by atoms with E-state index in [0.717, 1.165) is 27.0 Å². The summed E-state index contributed by atoms with van der Waals surface area (Å²) >= 11 is 1.56. The fourth-order valence-electron chi connectivity index (χ4n) is 3.63. The van der Waals surface area contributed by atoms with Crippen LogP contribution in [0.1, 0.15) is 15.9 Å². The third-order valence-electron chi connectivity index (χ3n) is 5.44. The molecule has 5 aromatic rings. The normalized spacial score (nSPS) is 11.3. The number of thiophene rings is 1. The SMILES string of the molecule is N=C/C(=C\N)c1ccc(Nc2nc(-c3cccc(NC(=O)c4ccncc4)c3)nc3ccsc23)cc1. The van der Waals surface area contributed by atoms with E-state index in [1.54, 1.807) is 35.9 Å². The van der Waals surface area contributed by atoms with E-state index in [1.165, 1.54) is 12.4 Å². The van der Waals surface area contributed by atoms with Crippen molar-refractivity contribution in [2.45, 2.75) is 0 Å². The van der Waals surface area contributed by atoms with Gasteiger partial charge < -0.3 is 21.8 Å². The maximum atomic E-state index is 12.6.